The van der Waals surface area contributed by atoms with E-state index in [1.54, 1.807) is 18.6 Å². The highest BCUT2D eigenvalue weighted by Gasteiger charge is 2.21. The van der Waals surface area contributed by atoms with Crippen molar-refractivity contribution < 1.29 is 0 Å². The molecule has 0 saturated carbocycles. The van der Waals surface area contributed by atoms with Crippen molar-refractivity contribution in [3.8, 4) is 0 Å². The summed E-state index contributed by atoms with van der Waals surface area (Å²) >= 11 is 0. The molecular formula is C12H12N4. The van der Waals surface area contributed by atoms with E-state index in [0.29, 0.717) is 0 Å². The summed E-state index contributed by atoms with van der Waals surface area (Å²) in [5.41, 5.74) is 9.31. The molecule has 4 heteroatoms. The summed E-state index contributed by atoms with van der Waals surface area (Å²) in [4.78, 5) is 10.5. The Morgan fingerprint density at radius 3 is 2.88 bits per heavy atom. The molecule has 0 aliphatic carbocycles. The summed E-state index contributed by atoms with van der Waals surface area (Å²) in [5, 5.41) is 0. The van der Waals surface area contributed by atoms with Gasteiger partial charge in [0.1, 0.15) is 5.82 Å². The summed E-state index contributed by atoms with van der Waals surface area (Å²) in [7, 11) is 0. The van der Waals surface area contributed by atoms with Crippen molar-refractivity contribution in [3.05, 3.63) is 47.9 Å². The van der Waals surface area contributed by atoms with Crippen LogP contribution in [0.3, 0.4) is 0 Å². The second kappa shape index (κ2) is 3.48. The van der Waals surface area contributed by atoms with E-state index in [1.165, 1.54) is 11.1 Å². The van der Waals surface area contributed by atoms with Crippen molar-refractivity contribution in [2.45, 2.75) is 13.1 Å². The Labute approximate surface area is 93.8 Å². The average molecular weight is 212 g/mol. The summed E-state index contributed by atoms with van der Waals surface area (Å²) in [6, 6.07) is 6.05. The molecule has 2 aromatic rings. The molecule has 1 aromatic heterocycles. The molecule has 2 heterocycles. The summed E-state index contributed by atoms with van der Waals surface area (Å²) in [5.74, 6) is 0.901. The molecule has 3 rings (SSSR count). The lowest BCUT2D eigenvalue weighted by molar-refractivity contribution is 0.850. The molecule has 0 atom stereocenters. The number of hydrogen-bond acceptors (Lipinski definition) is 4. The van der Waals surface area contributed by atoms with Crippen LogP contribution in [0.15, 0.2) is 36.8 Å². The van der Waals surface area contributed by atoms with Crippen molar-refractivity contribution in [2.24, 2.45) is 0 Å². The highest BCUT2D eigenvalue weighted by Crippen LogP contribution is 2.29. The van der Waals surface area contributed by atoms with Crippen LogP contribution in [0.5, 0.6) is 0 Å². The Kier molecular flexibility index (Phi) is 1.99. The molecule has 2 N–H and O–H groups in total. The molecule has 0 radical (unpaired) electrons. The van der Waals surface area contributed by atoms with Crippen LogP contribution in [-0.4, -0.2) is 9.97 Å². The Bertz CT molecular complexity index is 510. The third-order valence-corrected chi connectivity index (χ3v) is 2.89. The van der Waals surface area contributed by atoms with E-state index in [0.717, 1.165) is 24.6 Å². The zero-order chi connectivity index (χ0) is 11.0. The molecule has 4 nitrogen and oxygen atoms in total. The summed E-state index contributed by atoms with van der Waals surface area (Å²) in [6.45, 7) is 1.68. The number of rotatable bonds is 1. The highest BCUT2D eigenvalue weighted by molar-refractivity contribution is 5.57. The van der Waals surface area contributed by atoms with E-state index in [1.807, 2.05) is 12.1 Å². The van der Waals surface area contributed by atoms with Crippen LogP contribution < -0.4 is 10.6 Å². The molecule has 0 amide bonds. The minimum absolute atomic E-state index is 0.820. The minimum atomic E-state index is 0.820. The van der Waals surface area contributed by atoms with E-state index in [4.69, 9.17) is 5.73 Å². The largest absolute Gasteiger partial charge is 0.398 e. The van der Waals surface area contributed by atoms with Gasteiger partial charge in [0.05, 0.1) is 6.20 Å². The van der Waals surface area contributed by atoms with Gasteiger partial charge in [-0.15, -0.1) is 0 Å². The fraction of sp³-hybridized carbons (Fsp3) is 0.167. The van der Waals surface area contributed by atoms with E-state index >= 15 is 0 Å². The normalized spacial score (nSPS) is 13.9. The van der Waals surface area contributed by atoms with Gasteiger partial charge in [-0.05, 0) is 17.2 Å². The van der Waals surface area contributed by atoms with Gasteiger partial charge in [-0.1, -0.05) is 12.1 Å². The van der Waals surface area contributed by atoms with Crippen molar-refractivity contribution >= 4 is 11.5 Å². The first kappa shape index (κ1) is 9.15. The van der Waals surface area contributed by atoms with Gasteiger partial charge < -0.3 is 10.6 Å². The highest BCUT2D eigenvalue weighted by atomic mass is 15.2. The monoisotopic (exact) mass is 212 g/mol. The number of nitrogen functional groups attached to an aromatic ring is 1. The first-order valence-corrected chi connectivity index (χ1v) is 5.22. The Morgan fingerprint density at radius 2 is 2.12 bits per heavy atom. The molecule has 0 spiro atoms. The molecule has 0 unspecified atom stereocenters. The quantitative estimate of drug-likeness (QED) is 0.729. The van der Waals surface area contributed by atoms with Gasteiger partial charge in [0.15, 0.2) is 0 Å². The van der Waals surface area contributed by atoms with Crippen LogP contribution in [0.4, 0.5) is 11.5 Å². The summed E-state index contributed by atoms with van der Waals surface area (Å²) in [6.07, 6.45) is 5.17. The zero-order valence-corrected chi connectivity index (χ0v) is 8.80. The third-order valence-electron chi connectivity index (χ3n) is 2.89. The van der Waals surface area contributed by atoms with Crippen molar-refractivity contribution in [1.82, 2.24) is 9.97 Å². The predicted molar refractivity (Wildman–Crippen MR) is 62.8 cm³/mol. The molecule has 0 saturated heterocycles. The maximum absolute atomic E-state index is 5.95. The number of aromatic nitrogens is 2. The van der Waals surface area contributed by atoms with Gasteiger partial charge in [0.2, 0.25) is 0 Å². The van der Waals surface area contributed by atoms with Gasteiger partial charge in [0.25, 0.3) is 0 Å². The van der Waals surface area contributed by atoms with E-state index in [9.17, 15) is 0 Å². The number of nitrogens with two attached hydrogens (primary N) is 1. The van der Waals surface area contributed by atoms with Gasteiger partial charge >= 0.3 is 0 Å². The van der Waals surface area contributed by atoms with Crippen LogP contribution in [0.2, 0.25) is 0 Å². The fourth-order valence-corrected chi connectivity index (χ4v) is 2.06. The van der Waals surface area contributed by atoms with Crippen LogP contribution in [-0.2, 0) is 13.1 Å². The van der Waals surface area contributed by atoms with E-state index in [2.05, 4.69) is 20.9 Å². The number of hydrogen-bond donors (Lipinski definition) is 1. The molecule has 80 valence electrons. The molecule has 0 bridgehead atoms. The summed E-state index contributed by atoms with van der Waals surface area (Å²) < 4.78 is 0. The van der Waals surface area contributed by atoms with Crippen LogP contribution >= 0.6 is 0 Å². The Hall–Kier alpha value is -2.10. The van der Waals surface area contributed by atoms with Crippen LogP contribution in [0.1, 0.15) is 11.1 Å². The van der Waals surface area contributed by atoms with Gasteiger partial charge in [-0.2, -0.15) is 0 Å². The first-order chi connectivity index (χ1) is 7.84. The number of anilines is 2. The molecule has 16 heavy (non-hydrogen) atoms. The lowest BCUT2D eigenvalue weighted by atomic mass is 10.1. The van der Waals surface area contributed by atoms with E-state index < -0.39 is 0 Å². The molecular weight excluding hydrogens is 200 g/mol. The van der Waals surface area contributed by atoms with Crippen molar-refractivity contribution in [1.29, 1.82) is 0 Å². The number of fused-ring (bicyclic) bond motifs is 1. The smallest absolute Gasteiger partial charge is 0.147 e. The van der Waals surface area contributed by atoms with Gasteiger partial charge in [0, 0.05) is 31.2 Å². The zero-order valence-electron chi connectivity index (χ0n) is 8.80. The molecule has 1 aromatic carbocycles. The Morgan fingerprint density at radius 1 is 1.19 bits per heavy atom. The van der Waals surface area contributed by atoms with Crippen molar-refractivity contribution in [3.63, 3.8) is 0 Å². The second-order valence-corrected chi connectivity index (χ2v) is 3.90. The van der Waals surface area contributed by atoms with Crippen molar-refractivity contribution in [2.75, 3.05) is 10.6 Å². The maximum Gasteiger partial charge on any atom is 0.147 e. The third kappa shape index (κ3) is 1.39. The molecule has 0 fully saturated rings. The van der Waals surface area contributed by atoms with Crippen LogP contribution in [0, 0.1) is 0 Å². The maximum atomic E-state index is 5.95. The SMILES string of the molecule is Nc1cccc2c1CN(c1cnccn1)C2. The number of benzene rings is 1. The Balaban J connectivity index is 1.94. The fourth-order valence-electron chi connectivity index (χ4n) is 2.06. The van der Waals surface area contributed by atoms with Gasteiger partial charge in [-0.25, -0.2) is 4.98 Å². The molecule has 1 aliphatic heterocycles. The topological polar surface area (TPSA) is 55.0 Å². The van der Waals surface area contributed by atoms with Crippen LogP contribution in [0.25, 0.3) is 0 Å². The minimum Gasteiger partial charge on any atom is -0.398 e. The molecule has 1 aliphatic rings. The lowest BCUT2D eigenvalue weighted by Gasteiger charge is -2.15. The lowest BCUT2D eigenvalue weighted by Crippen LogP contribution is -2.16. The average Bonchev–Trinajstić information content (AvgIpc) is 2.76. The van der Waals surface area contributed by atoms with E-state index in [-0.39, 0.29) is 0 Å². The van der Waals surface area contributed by atoms with Gasteiger partial charge in [-0.3, -0.25) is 4.98 Å². The second-order valence-electron chi connectivity index (χ2n) is 3.90. The standard InChI is InChI=1S/C12H12N4/c13-11-3-1-2-9-7-16(8-10(9)11)12-6-14-4-5-15-12/h1-6H,7-8,13H2. The first-order valence-electron chi connectivity index (χ1n) is 5.22. The number of nitrogens with zero attached hydrogens (tertiary/aromatic N) is 3. The predicted octanol–water partition coefficient (Wildman–Crippen LogP) is 1.58.